The highest BCUT2D eigenvalue weighted by Crippen LogP contribution is 2.19. The Balaban J connectivity index is 2.80. The monoisotopic (exact) mass is 254 g/mol. The van der Waals surface area contributed by atoms with Crippen molar-refractivity contribution in [2.45, 2.75) is 52.2 Å². The lowest BCUT2D eigenvalue weighted by Gasteiger charge is -2.12. The zero-order chi connectivity index (χ0) is 13.5. The Morgan fingerprint density at radius 3 is 2.72 bits per heavy atom. The van der Waals surface area contributed by atoms with Gasteiger partial charge < -0.3 is 10.5 Å². The molecule has 1 aromatic heterocycles. The van der Waals surface area contributed by atoms with Gasteiger partial charge in [-0.2, -0.15) is 0 Å². The second-order valence-corrected chi connectivity index (χ2v) is 4.35. The normalized spacial score (nSPS) is 12.6. The molecule has 0 fully saturated rings. The Morgan fingerprint density at radius 1 is 1.44 bits per heavy atom. The van der Waals surface area contributed by atoms with Gasteiger partial charge in [-0.1, -0.05) is 31.4 Å². The summed E-state index contributed by atoms with van der Waals surface area (Å²) in [7, 11) is 1.59. The molecule has 0 aliphatic carbocycles. The quantitative estimate of drug-likeness (QED) is 0.715. The number of carbonyl (C=O) groups excluding carboxylic acids is 1. The van der Waals surface area contributed by atoms with Gasteiger partial charge in [0.25, 0.3) is 5.91 Å². The van der Waals surface area contributed by atoms with Gasteiger partial charge in [0.1, 0.15) is 5.69 Å². The molecule has 102 valence electrons. The largest absolute Gasteiger partial charge is 0.375 e. The van der Waals surface area contributed by atoms with E-state index in [4.69, 9.17) is 10.5 Å². The van der Waals surface area contributed by atoms with Crippen LogP contribution in [0.15, 0.2) is 0 Å². The van der Waals surface area contributed by atoms with E-state index in [0.717, 1.165) is 19.4 Å². The van der Waals surface area contributed by atoms with Crippen LogP contribution >= 0.6 is 0 Å². The number of amides is 1. The highest BCUT2D eigenvalue weighted by Gasteiger charge is 2.22. The molecule has 0 saturated heterocycles. The van der Waals surface area contributed by atoms with Gasteiger partial charge in [-0.15, -0.1) is 5.10 Å². The molecule has 0 aliphatic heterocycles. The molecule has 0 saturated carbocycles. The fraction of sp³-hybridized carbons (Fsp3) is 0.750. The third-order valence-corrected chi connectivity index (χ3v) is 2.97. The summed E-state index contributed by atoms with van der Waals surface area (Å²) in [6.45, 7) is 4.76. The number of rotatable bonds is 8. The lowest BCUT2D eigenvalue weighted by Crippen LogP contribution is -2.17. The lowest BCUT2D eigenvalue weighted by atomic mass is 10.2. The summed E-state index contributed by atoms with van der Waals surface area (Å²) in [6.07, 6.45) is 4.30. The lowest BCUT2D eigenvalue weighted by molar-refractivity contribution is 0.0960. The number of hydrogen-bond donors (Lipinski definition) is 1. The first kappa shape index (κ1) is 14.6. The van der Waals surface area contributed by atoms with Crippen LogP contribution in [0.1, 0.15) is 61.8 Å². The Kier molecular flexibility index (Phi) is 5.77. The van der Waals surface area contributed by atoms with Crippen LogP contribution in [0.25, 0.3) is 0 Å². The van der Waals surface area contributed by atoms with E-state index in [0.29, 0.717) is 5.69 Å². The van der Waals surface area contributed by atoms with Crippen LogP contribution in [0.5, 0.6) is 0 Å². The smallest absolute Gasteiger partial charge is 0.271 e. The number of carbonyl (C=O) groups is 1. The summed E-state index contributed by atoms with van der Waals surface area (Å²) >= 11 is 0. The highest BCUT2D eigenvalue weighted by molar-refractivity contribution is 5.91. The van der Waals surface area contributed by atoms with Gasteiger partial charge in [0, 0.05) is 13.7 Å². The molecular formula is C12H22N4O2. The van der Waals surface area contributed by atoms with Gasteiger partial charge in [-0.05, 0) is 13.3 Å². The first-order valence-electron chi connectivity index (χ1n) is 6.37. The predicted molar refractivity (Wildman–Crippen MR) is 68.1 cm³/mol. The van der Waals surface area contributed by atoms with E-state index in [1.807, 2.05) is 6.92 Å². The standard InChI is InChI=1S/C12H22N4O2/c1-4-5-6-7-8-16-11(9(2)18-3)10(12(13)17)14-15-16/h9H,4-8H2,1-3H3,(H2,13,17). The minimum atomic E-state index is -0.561. The van der Waals surface area contributed by atoms with Crippen LogP contribution in [0, 0.1) is 0 Å². The van der Waals surface area contributed by atoms with E-state index < -0.39 is 5.91 Å². The van der Waals surface area contributed by atoms with Crippen molar-refractivity contribution in [1.29, 1.82) is 0 Å². The molecule has 1 rings (SSSR count). The summed E-state index contributed by atoms with van der Waals surface area (Å²) in [5.74, 6) is -0.561. The topological polar surface area (TPSA) is 83.0 Å². The molecule has 0 aromatic carbocycles. The number of primary amides is 1. The third-order valence-electron chi connectivity index (χ3n) is 2.97. The van der Waals surface area contributed by atoms with Crippen molar-refractivity contribution in [3.8, 4) is 0 Å². The van der Waals surface area contributed by atoms with Crippen molar-refractivity contribution in [1.82, 2.24) is 15.0 Å². The van der Waals surface area contributed by atoms with Crippen molar-refractivity contribution in [3.05, 3.63) is 11.4 Å². The van der Waals surface area contributed by atoms with Crippen LogP contribution in [-0.4, -0.2) is 28.0 Å². The molecule has 6 heteroatoms. The van der Waals surface area contributed by atoms with Crippen molar-refractivity contribution < 1.29 is 9.53 Å². The van der Waals surface area contributed by atoms with Gasteiger partial charge in [-0.3, -0.25) is 4.79 Å². The Labute approximate surface area is 107 Å². The van der Waals surface area contributed by atoms with E-state index in [2.05, 4.69) is 17.2 Å². The van der Waals surface area contributed by atoms with E-state index in [9.17, 15) is 4.79 Å². The number of aromatic nitrogens is 3. The van der Waals surface area contributed by atoms with Gasteiger partial charge in [0.05, 0.1) is 6.10 Å². The molecule has 6 nitrogen and oxygen atoms in total. The number of aryl methyl sites for hydroxylation is 1. The molecule has 0 spiro atoms. The van der Waals surface area contributed by atoms with Crippen LogP contribution in [0.3, 0.4) is 0 Å². The van der Waals surface area contributed by atoms with E-state index >= 15 is 0 Å². The zero-order valence-electron chi connectivity index (χ0n) is 11.3. The van der Waals surface area contributed by atoms with Gasteiger partial charge in [0.2, 0.25) is 0 Å². The molecule has 1 heterocycles. The Hall–Kier alpha value is -1.43. The first-order chi connectivity index (χ1) is 8.61. The van der Waals surface area contributed by atoms with E-state index in [1.54, 1.807) is 11.8 Å². The number of nitrogens with zero attached hydrogens (tertiary/aromatic N) is 3. The fourth-order valence-corrected chi connectivity index (χ4v) is 1.86. The Morgan fingerprint density at radius 2 is 2.17 bits per heavy atom. The van der Waals surface area contributed by atoms with E-state index in [1.165, 1.54) is 12.8 Å². The summed E-state index contributed by atoms with van der Waals surface area (Å²) in [5, 5.41) is 7.83. The fourth-order valence-electron chi connectivity index (χ4n) is 1.86. The third kappa shape index (κ3) is 3.53. The van der Waals surface area contributed by atoms with Crippen molar-refractivity contribution >= 4 is 5.91 Å². The maximum atomic E-state index is 11.3. The Bertz CT molecular complexity index is 389. The summed E-state index contributed by atoms with van der Waals surface area (Å²) in [4.78, 5) is 11.3. The van der Waals surface area contributed by atoms with Crippen LogP contribution in [0.2, 0.25) is 0 Å². The van der Waals surface area contributed by atoms with Gasteiger partial charge in [0.15, 0.2) is 5.69 Å². The molecule has 2 N–H and O–H groups in total. The SMILES string of the molecule is CCCCCCn1nnc(C(N)=O)c1C(C)OC. The second kappa shape index (κ2) is 7.10. The maximum absolute atomic E-state index is 11.3. The van der Waals surface area contributed by atoms with E-state index in [-0.39, 0.29) is 11.8 Å². The molecule has 0 radical (unpaired) electrons. The summed E-state index contributed by atoms with van der Waals surface area (Å²) in [5.41, 5.74) is 6.16. The molecule has 1 unspecified atom stereocenters. The molecule has 0 bridgehead atoms. The number of nitrogens with two attached hydrogens (primary N) is 1. The van der Waals surface area contributed by atoms with Crippen molar-refractivity contribution in [3.63, 3.8) is 0 Å². The molecule has 0 aliphatic rings. The molecule has 1 aromatic rings. The number of ether oxygens (including phenoxy) is 1. The predicted octanol–water partition coefficient (Wildman–Crippen LogP) is 1.66. The number of methoxy groups -OCH3 is 1. The average Bonchev–Trinajstić information content (AvgIpc) is 2.77. The number of hydrogen-bond acceptors (Lipinski definition) is 4. The zero-order valence-corrected chi connectivity index (χ0v) is 11.3. The van der Waals surface area contributed by atoms with Crippen LogP contribution < -0.4 is 5.73 Å². The van der Waals surface area contributed by atoms with Crippen molar-refractivity contribution in [2.24, 2.45) is 5.73 Å². The summed E-state index contributed by atoms with van der Waals surface area (Å²) < 4.78 is 6.97. The first-order valence-corrected chi connectivity index (χ1v) is 6.37. The van der Waals surface area contributed by atoms with Crippen molar-refractivity contribution in [2.75, 3.05) is 7.11 Å². The second-order valence-electron chi connectivity index (χ2n) is 4.35. The summed E-state index contributed by atoms with van der Waals surface area (Å²) in [6, 6.07) is 0. The molecule has 18 heavy (non-hydrogen) atoms. The van der Waals surface area contributed by atoms with Gasteiger partial charge in [-0.25, -0.2) is 4.68 Å². The average molecular weight is 254 g/mol. The van der Waals surface area contributed by atoms with Gasteiger partial charge >= 0.3 is 0 Å². The minimum absolute atomic E-state index is 0.208. The highest BCUT2D eigenvalue weighted by atomic mass is 16.5. The molecular weight excluding hydrogens is 232 g/mol. The molecule has 1 amide bonds. The number of unbranched alkanes of at least 4 members (excludes halogenated alkanes) is 3. The minimum Gasteiger partial charge on any atom is -0.375 e. The van der Waals surface area contributed by atoms with Crippen LogP contribution in [-0.2, 0) is 11.3 Å². The molecule has 1 atom stereocenters. The van der Waals surface area contributed by atoms with Crippen LogP contribution in [0.4, 0.5) is 0 Å². The maximum Gasteiger partial charge on any atom is 0.271 e.